The van der Waals surface area contributed by atoms with Crippen molar-refractivity contribution in [1.29, 1.82) is 0 Å². The quantitative estimate of drug-likeness (QED) is 0.103. The molecule has 4 N–H and O–H groups in total. The maximum absolute atomic E-state index is 11.6. The first-order valence-electron chi connectivity index (χ1n) is 23.6. The molecule has 340 valence electrons. The van der Waals surface area contributed by atoms with Crippen LogP contribution in [0.15, 0.2) is 138 Å². The molecule has 4 aromatic heterocycles. The van der Waals surface area contributed by atoms with Gasteiger partial charge < -0.3 is 19.9 Å². The fraction of sp³-hybridized carbons (Fsp3) is 0.159. The van der Waals surface area contributed by atoms with Crippen LogP contribution in [0.3, 0.4) is 0 Å². The number of benzene rings is 5. The van der Waals surface area contributed by atoms with Gasteiger partial charge >= 0.3 is 0 Å². The summed E-state index contributed by atoms with van der Waals surface area (Å²) in [5.41, 5.74) is 26.1. The van der Waals surface area contributed by atoms with Crippen molar-refractivity contribution in [3.8, 4) is 11.8 Å². The number of nitrogens with one attached hydrogen (secondary N) is 4. The number of carbonyl (C=O) groups excluding carboxylic acids is 1. The number of H-pyrrole nitrogens is 4. The Bertz CT molecular complexity index is 3800. The van der Waals surface area contributed by atoms with Crippen molar-refractivity contribution in [2.75, 3.05) is 0 Å². The maximum Gasteiger partial charge on any atom is 0.190 e. The Morgan fingerprint density at radius 1 is 0.377 bits per heavy atom. The minimum atomic E-state index is 0.0658. The molecule has 5 nitrogen and oxygen atoms in total. The van der Waals surface area contributed by atoms with Gasteiger partial charge in [0, 0.05) is 89.4 Å². The number of aromatic amines is 4. The Morgan fingerprint density at radius 2 is 0.681 bits per heavy atom. The van der Waals surface area contributed by atoms with Crippen LogP contribution in [0.2, 0.25) is 0 Å². The molecule has 0 unspecified atom stereocenters. The third kappa shape index (κ3) is 8.71. The van der Waals surface area contributed by atoms with Crippen molar-refractivity contribution in [3.05, 3.63) is 261 Å². The molecular weight excluding hydrogens is 861 g/mol. The average molecular weight is 917 g/mol. The van der Waals surface area contributed by atoms with Crippen LogP contribution in [0.5, 0.6) is 0 Å². The highest BCUT2D eigenvalue weighted by molar-refractivity contribution is 8.13. The molecule has 9 aromatic rings. The molecule has 0 spiro atoms. The SMILES string of the molecule is CC(=O)Sc1ccc(C#Cc2ccc(C3=c4ccc([nH]4)=C(c4c(C)cc(C)cc4C)c4ccc([nH]4)C(c4c(C)cc(C)cc4C)=c4ccc([nH]4)=C(c4c(C)cc(C)cc4C)c4ccc3[nH]4)cc2)cc1. The summed E-state index contributed by atoms with van der Waals surface area (Å²) in [4.78, 5) is 28.5. The van der Waals surface area contributed by atoms with Gasteiger partial charge in [-0.2, -0.15) is 0 Å². The number of hydrogen-bond donors (Lipinski definition) is 4. The molecule has 5 aromatic carbocycles. The molecule has 0 aliphatic carbocycles. The Hall–Kier alpha value is -7.72. The molecule has 0 saturated carbocycles. The van der Waals surface area contributed by atoms with Gasteiger partial charge in [0.1, 0.15) is 0 Å². The molecule has 5 heterocycles. The van der Waals surface area contributed by atoms with E-state index in [0.717, 1.165) is 88.1 Å². The van der Waals surface area contributed by atoms with E-state index >= 15 is 0 Å². The van der Waals surface area contributed by atoms with Gasteiger partial charge in [0.2, 0.25) is 0 Å². The van der Waals surface area contributed by atoms with Gasteiger partial charge in [-0.15, -0.1) is 0 Å². The van der Waals surface area contributed by atoms with Crippen LogP contribution in [-0.2, 0) is 4.79 Å². The zero-order valence-corrected chi connectivity index (χ0v) is 41.8. The van der Waals surface area contributed by atoms with Crippen molar-refractivity contribution < 1.29 is 4.79 Å². The predicted octanol–water partition coefficient (Wildman–Crippen LogP) is 11.1. The molecule has 0 saturated heterocycles. The lowest BCUT2D eigenvalue weighted by atomic mass is 9.91. The molecule has 10 rings (SSSR count). The van der Waals surface area contributed by atoms with Crippen LogP contribution in [0.25, 0.3) is 22.3 Å². The zero-order chi connectivity index (χ0) is 48.2. The summed E-state index contributed by atoms with van der Waals surface area (Å²) in [5, 5.41) is 4.15. The van der Waals surface area contributed by atoms with Crippen molar-refractivity contribution in [3.63, 3.8) is 0 Å². The molecular formula is C63H56N4OS. The van der Waals surface area contributed by atoms with Crippen molar-refractivity contribution in [1.82, 2.24) is 19.9 Å². The molecule has 6 heteroatoms. The highest BCUT2D eigenvalue weighted by Crippen LogP contribution is 2.34. The number of hydrogen-bond acceptors (Lipinski definition) is 2. The monoisotopic (exact) mass is 916 g/mol. The summed E-state index contributed by atoms with van der Waals surface area (Å²) >= 11 is 1.23. The van der Waals surface area contributed by atoms with Crippen LogP contribution in [0.1, 0.15) is 113 Å². The lowest BCUT2D eigenvalue weighted by Gasteiger charge is -2.16. The summed E-state index contributed by atoms with van der Waals surface area (Å²) in [5.74, 6) is 6.69. The van der Waals surface area contributed by atoms with E-state index in [-0.39, 0.29) is 5.12 Å². The molecule has 69 heavy (non-hydrogen) atoms. The van der Waals surface area contributed by atoms with Gasteiger partial charge in [0.25, 0.3) is 0 Å². The zero-order valence-electron chi connectivity index (χ0n) is 41.0. The number of aromatic nitrogens is 4. The average Bonchev–Trinajstić information content (AvgIpc) is 4.14. The van der Waals surface area contributed by atoms with E-state index in [1.165, 1.54) is 78.5 Å². The Balaban J connectivity index is 1.27. The van der Waals surface area contributed by atoms with E-state index in [1.807, 2.05) is 24.3 Å². The van der Waals surface area contributed by atoms with Gasteiger partial charge in [-0.1, -0.05) is 88.8 Å². The van der Waals surface area contributed by atoms with Crippen LogP contribution < -0.4 is 21.4 Å². The van der Waals surface area contributed by atoms with Crippen molar-refractivity contribution in [2.45, 2.75) is 74.1 Å². The smallest absolute Gasteiger partial charge is 0.190 e. The highest BCUT2D eigenvalue weighted by atomic mass is 32.2. The van der Waals surface area contributed by atoms with Gasteiger partial charge in [-0.05, 0) is 203 Å². The standard InChI is InChI=1S/C63H56N4OS/c1-35-29-38(4)57(39(5)30-35)61-51-23-21-49(64-51)60(47-17-13-45(14-18-47)11-12-46-15-19-48(20-16-46)69-44(10)68)50-22-24-52(65-50)62(58-40(6)31-36(2)32-41(58)7)54-26-28-56(67-54)63(55-27-25-53(61)66-55)59-42(8)33-37(3)34-43(59)9/h13-34,64-67H,1-10H3. The molecule has 0 fully saturated rings. The second-order valence-corrected chi connectivity index (χ2v) is 20.2. The minimum Gasteiger partial charge on any atom is -0.354 e. The summed E-state index contributed by atoms with van der Waals surface area (Å²) < 4.78 is 0. The molecule has 8 bridgehead atoms. The summed E-state index contributed by atoms with van der Waals surface area (Å²) in [7, 11) is 0. The van der Waals surface area contributed by atoms with Gasteiger partial charge in [0.15, 0.2) is 5.12 Å². The maximum atomic E-state index is 11.6. The molecule has 1 aliphatic rings. The van der Waals surface area contributed by atoms with Crippen LogP contribution in [-0.4, -0.2) is 25.1 Å². The van der Waals surface area contributed by atoms with E-state index in [4.69, 9.17) is 0 Å². The fourth-order valence-electron chi connectivity index (χ4n) is 10.8. The number of rotatable bonds is 5. The van der Waals surface area contributed by atoms with Crippen LogP contribution in [0, 0.1) is 74.2 Å². The van der Waals surface area contributed by atoms with E-state index in [0.29, 0.717) is 0 Å². The van der Waals surface area contributed by atoms with E-state index < -0.39 is 0 Å². The molecule has 0 radical (unpaired) electrons. The molecule has 1 aliphatic heterocycles. The Morgan fingerprint density at radius 3 is 1.01 bits per heavy atom. The highest BCUT2D eigenvalue weighted by Gasteiger charge is 2.22. The topological polar surface area (TPSA) is 80.2 Å². The Labute approximate surface area is 408 Å². The number of fused-ring (bicyclic) bond motifs is 8. The lowest BCUT2D eigenvalue weighted by Crippen LogP contribution is -2.20. The fourth-order valence-corrected chi connectivity index (χ4v) is 11.4. The third-order valence-corrected chi connectivity index (χ3v) is 14.1. The first-order chi connectivity index (χ1) is 33.2. The second-order valence-electron chi connectivity index (χ2n) is 18.9. The van der Waals surface area contributed by atoms with Crippen molar-refractivity contribution >= 4 is 39.2 Å². The van der Waals surface area contributed by atoms with E-state index in [9.17, 15) is 4.79 Å². The third-order valence-electron chi connectivity index (χ3n) is 13.3. The number of carbonyl (C=O) groups is 1. The summed E-state index contributed by atoms with van der Waals surface area (Å²) in [6, 6.07) is 48.0. The van der Waals surface area contributed by atoms with Crippen LogP contribution in [0.4, 0.5) is 0 Å². The van der Waals surface area contributed by atoms with Crippen molar-refractivity contribution in [2.24, 2.45) is 0 Å². The summed E-state index contributed by atoms with van der Waals surface area (Å²) in [6.45, 7) is 21.5. The second kappa shape index (κ2) is 18.1. The normalized spacial score (nSPS) is 12.4. The van der Waals surface area contributed by atoms with Gasteiger partial charge in [-0.25, -0.2) is 0 Å². The van der Waals surface area contributed by atoms with Crippen LogP contribution >= 0.6 is 11.8 Å². The lowest BCUT2D eigenvalue weighted by molar-refractivity contribution is -0.109. The van der Waals surface area contributed by atoms with E-state index in [1.54, 1.807) is 6.92 Å². The van der Waals surface area contributed by atoms with E-state index in [2.05, 4.69) is 203 Å². The molecule has 0 atom stereocenters. The first-order valence-corrected chi connectivity index (χ1v) is 24.4. The van der Waals surface area contributed by atoms with Gasteiger partial charge in [0.05, 0.1) is 0 Å². The van der Waals surface area contributed by atoms with Gasteiger partial charge in [-0.3, -0.25) is 4.79 Å². The number of thioether (sulfide) groups is 1. The molecule has 0 amide bonds. The first kappa shape index (κ1) is 45.1. The predicted molar refractivity (Wildman–Crippen MR) is 285 cm³/mol. The Kier molecular flexibility index (Phi) is 11.8. The largest absolute Gasteiger partial charge is 0.354 e. The number of aryl methyl sites for hydroxylation is 9. The summed E-state index contributed by atoms with van der Waals surface area (Å²) in [6.07, 6.45) is 0. The minimum absolute atomic E-state index is 0.0658.